The molecule has 27 heavy (non-hydrogen) atoms. The van der Waals surface area contributed by atoms with Gasteiger partial charge in [0.05, 0.1) is 6.07 Å². The molecule has 0 aliphatic rings. The lowest BCUT2D eigenvalue weighted by Gasteiger charge is -2.19. The van der Waals surface area contributed by atoms with E-state index in [9.17, 15) is 4.79 Å². The van der Waals surface area contributed by atoms with Crippen LogP contribution in [0.25, 0.3) is 0 Å². The van der Waals surface area contributed by atoms with Crippen LogP contribution in [0.1, 0.15) is 0 Å². The minimum absolute atomic E-state index is 0.0317. The van der Waals surface area contributed by atoms with E-state index in [1.807, 2.05) is 54.6 Å². The van der Waals surface area contributed by atoms with Crippen LogP contribution in [0.15, 0.2) is 84.9 Å². The Hall–Kier alpha value is -3.78. The Balaban J connectivity index is 1.59. The highest BCUT2D eigenvalue weighted by Crippen LogP contribution is 2.23. The van der Waals surface area contributed by atoms with Crippen molar-refractivity contribution in [2.24, 2.45) is 0 Å². The molecule has 1 amide bonds. The molecule has 0 atom stereocenters. The van der Waals surface area contributed by atoms with E-state index in [1.165, 1.54) is 4.90 Å². The lowest BCUT2D eigenvalue weighted by atomic mass is 10.3. The molecule has 0 aliphatic heterocycles. The Morgan fingerprint density at radius 2 is 1.37 bits per heavy atom. The first-order valence-corrected chi connectivity index (χ1v) is 8.44. The predicted molar refractivity (Wildman–Crippen MR) is 103 cm³/mol. The second-order valence-electron chi connectivity index (χ2n) is 5.65. The van der Waals surface area contributed by atoms with Gasteiger partial charge >= 0.3 is 0 Å². The molecule has 3 aromatic carbocycles. The number of rotatable bonds is 7. The van der Waals surface area contributed by atoms with Crippen molar-refractivity contribution in [2.45, 2.75) is 0 Å². The number of ether oxygens (including phenoxy) is 2. The Kier molecular flexibility index (Phi) is 6.05. The number of nitriles is 1. The molecular formula is C22H18N2O3. The molecule has 0 bridgehead atoms. The minimum Gasteiger partial charge on any atom is -0.484 e. The molecule has 0 unspecified atom stereocenters. The van der Waals surface area contributed by atoms with Crippen LogP contribution in [-0.2, 0) is 4.79 Å². The minimum atomic E-state index is -0.285. The molecular weight excluding hydrogens is 340 g/mol. The average molecular weight is 358 g/mol. The highest BCUT2D eigenvalue weighted by molar-refractivity contribution is 5.94. The molecule has 0 heterocycles. The summed E-state index contributed by atoms with van der Waals surface area (Å²) in [5, 5.41) is 8.99. The van der Waals surface area contributed by atoms with Crippen molar-refractivity contribution in [1.82, 2.24) is 0 Å². The zero-order valence-corrected chi connectivity index (χ0v) is 14.6. The maximum atomic E-state index is 12.4. The Bertz CT molecular complexity index is 904. The lowest BCUT2D eigenvalue weighted by Crippen LogP contribution is -2.35. The van der Waals surface area contributed by atoms with Gasteiger partial charge in [0.25, 0.3) is 5.91 Å². The number of carbonyl (C=O) groups excluding carboxylic acids is 1. The van der Waals surface area contributed by atoms with E-state index in [1.54, 1.807) is 36.4 Å². The van der Waals surface area contributed by atoms with Crippen molar-refractivity contribution >= 4 is 11.6 Å². The first-order valence-electron chi connectivity index (χ1n) is 8.44. The zero-order valence-electron chi connectivity index (χ0n) is 14.6. The number of nitrogens with zero attached hydrogens (tertiary/aromatic N) is 2. The summed E-state index contributed by atoms with van der Waals surface area (Å²) in [6.07, 6.45) is 0. The third kappa shape index (κ3) is 5.10. The molecule has 0 aliphatic carbocycles. The number of para-hydroxylation sites is 2. The summed E-state index contributed by atoms with van der Waals surface area (Å²) >= 11 is 0. The van der Waals surface area contributed by atoms with Gasteiger partial charge in [-0.25, -0.2) is 0 Å². The summed E-state index contributed by atoms with van der Waals surface area (Å²) in [5.41, 5.74) is 0.666. The molecule has 0 radical (unpaired) electrons. The van der Waals surface area contributed by atoms with E-state index in [4.69, 9.17) is 14.7 Å². The number of hydrogen-bond donors (Lipinski definition) is 0. The van der Waals surface area contributed by atoms with E-state index in [0.717, 1.165) is 5.75 Å². The molecule has 3 aromatic rings. The van der Waals surface area contributed by atoms with E-state index in [0.29, 0.717) is 17.2 Å². The van der Waals surface area contributed by atoms with Gasteiger partial charge < -0.3 is 9.47 Å². The van der Waals surface area contributed by atoms with Crippen LogP contribution in [0.4, 0.5) is 5.69 Å². The summed E-state index contributed by atoms with van der Waals surface area (Å²) in [4.78, 5) is 13.8. The third-order valence-corrected chi connectivity index (χ3v) is 3.76. The summed E-state index contributed by atoms with van der Waals surface area (Å²) < 4.78 is 11.3. The van der Waals surface area contributed by atoms with Gasteiger partial charge in [0.2, 0.25) is 0 Å². The smallest absolute Gasteiger partial charge is 0.265 e. The Morgan fingerprint density at radius 1 is 0.815 bits per heavy atom. The summed E-state index contributed by atoms with van der Waals surface area (Å²) in [6, 6.07) is 27.6. The number of anilines is 1. The normalized spacial score (nSPS) is 9.89. The van der Waals surface area contributed by atoms with Crippen LogP contribution in [0.3, 0.4) is 0 Å². The molecule has 0 fully saturated rings. The van der Waals surface area contributed by atoms with Crippen LogP contribution in [0.2, 0.25) is 0 Å². The van der Waals surface area contributed by atoms with Crippen molar-refractivity contribution in [3.8, 4) is 23.3 Å². The van der Waals surface area contributed by atoms with Gasteiger partial charge in [0, 0.05) is 5.69 Å². The quantitative estimate of drug-likeness (QED) is 0.587. The van der Waals surface area contributed by atoms with Gasteiger partial charge in [-0.1, -0.05) is 36.4 Å². The Morgan fingerprint density at radius 3 is 2.00 bits per heavy atom. The summed E-state index contributed by atoms with van der Waals surface area (Å²) in [6.45, 7) is -0.189. The molecule has 0 saturated carbocycles. The topological polar surface area (TPSA) is 62.6 Å². The monoisotopic (exact) mass is 358 g/mol. The fraction of sp³-hybridized carbons (Fsp3) is 0.0909. The van der Waals surface area contributed by atoms with E-state index < -0.39 is 0 Å². The number of amides is 1. The predicted octanol–water partition coefficient (Wildman–Crippen LogP) is 4.41. The SMILES string of the molecule is N#CCN(C(=O)COc1ccc(Oc2ccccc2)cc1)c1ccccc1. The maximum Gasteiger partial charge on any atom is 0.265 e. The molecule has 0 N–H and O–H groups in total. The Labute approximate surface area is 158 Å². The standard InChI is InChI=1S/C22H18N2O3/c23-15-16-24(18-7-3-1-4-8-18)22(25)17-26-19-11-13-21(14-12-19)27-20-9-5-2-6-10-20/h1-14H,16-17H2. The highest BCUT2D eigenvalue weighted by Gasteiger charge is 2.15. The van der Waals surface area contributed by atoms with Crippen LogP contribution >= 0.6 is 0 Å². The summed E-state index contributed by atoms with van der Waals surface area (Å²) in [7, 11) is 0. The van der Waals surface area contributed by atoms with E-state index in [-0.39, 0.29) is 19.1 Å². The van der Waals surface area contributed by atoms with Gasteiger partial charge in [0.15, 0.2) is 6.61 Å². The van der Waals surface area contributed by atoms with Crippen LogP contribution in [-0.4, -0.2) is 19.1 Å². The second-order valence-corrected chi connectivity index (χ2v) is 5.65. The largest absolute Gasteiger partial charge is 0.484 e. The van der Waals surface area contributed by atoms with E-state index >= 15 is 0 Å². The van der Waals surface area contributed by atoms with Crippen LogP contribution in [0.5, 0.6) is 17.2 Å². The molecule has 0 spiro atoms. The number of hydrogen-bond acceptors (Lipinski definition) is 4. The molecule has 0 aromatic heterocycles. The van der Waals surface area contributed by atoms with Crippen molar-refractivity contribution in [3.63, 3.8) is 0 Å². The maximum absolute atomic E-state index is 12.4. The third-order valence-electron chi connectivity index (χ3n) is 3.76. The first-order chi connectivity index (χ1) is 13.3. The highest BCUT2D eigenvalue weighted by atomic mass is 16.5. The van der Waals surface area contributed by atoms with Gasteiger partial charge in [-0.3, -0.25) is 9.69 Å². The number of benzene rings is 3. The van der Waals surface area contributed by atoms with Gasteiger partial charge in [-0.05, 0) is 48.5 Å². The molecule has 3 rings (SSSR count). The van der Waals surface area contributed by atoms with Gasteiger partial charge in [0.1, 0.15) is 23.8 Å². The second kappa shape index (κ2) is 9.07. The lowest BCUT2D eigenvalue weighted by molar-refractivity contribution is -0.120. The fourth-order valence-electron chi connectivity index (χ4n) is 2.45. The summed E-state index contributed by atoms with van der Waals surface area (Å²) in [5.74, 6) is 1.69. The zero-order chi connectivity index (χ0) is 18.9. The first kappa shape index (κ1) is 18.0. The van der Waals surface area contributed by atoms with Crippen molar-refractivity contribution in [2.75, 3.05) is 18.1 Å². The van der Waals surface area contributed by atoms with Crippen molar-refractivity contribution in [1.29, 1.82) is 5.26 Å². The van der Waals surface area contributed by atoms with Gasteiger partial charge in [-0.2, -0.15) is 5.26 Å². The van der Waals surface area contributed by atoms with Gasteiger partial charge in [-0.15, -0.1) is 0 Å². The van der Waals surface area contributed by atoms with Crippen LogP contribution in [0, 0.1) is 11.3 Å². The molecule has 134 valence electrons. The van der Waals surface area contributed by atoms with Crippen molar-refractivity contribution < 1.29 is 14.3 Å². The van der Waals surface area contributed by atoms with Crippen molar-refractivity contribution in [3.05, 3.63) is 84.9 Å². The van der Waals surface area contributed by atoms with E-state index in [2.05, 4.69) is 0 Å². The average Bonchev–Trinajstić information content (AvgIpc) is 2.73. The molecule has 5 nitrogen and oxygen atoms in total. The fourth-order valence-corrected chi connectivity index (χ4v) is 2.45. The number of carbonyl (C=O) groups is 1. The molecule has 0 saturated heterocycles. The molecule has 5 heteroatoms. The van der Waals surface area contributed by atoms with Crippen LogP contribution < -0.4 is 14.4 Å².